The van der Waals surface area contributed by atoms with E-state index in [4.69, 9.17) is 11.6 Å². The predicted octanol–water partition coefficient (Wildman–Crippen LogP) is 4.57. The first-order valence-corrected chi connectivity index (χ1v) is 6.55. The van der Waals surface area contributed by atoms with Gasteiger partial charge in [-0.2, -0.15) is 5.11 Å². The Labute approximate surface area is 121 Å². The molecule has 3 rings (SSSR count). The van der Waals surface area contributed by atoms with Crippen LogP contribution in [0.3, 0.4) is 0 Å². The Morgan fingerprint density at radius 1 is 0.850 bits per heavy atom. The van der Waals surface area contributed by atoms with E-state index < -0.39 is 0 Å². The molecule has 0 unspecified atom stereocenters. The number of fused-ring (bicyclic) bond motifs is 1. The van der Waals surface area contributed by atoms with Crippen LogP contribution in [0.15, 0.2) is 64.8 Å². The Morgan fingerprint density at radius 3 is 2.35 bits per heavy atom. The molecule has 1 aromatic heterocycles. The molecule has 0 atom stereocenters. The van der Waals surface area contributed by atoms with Crippen molar-refractivity contribution in [3.63, 3.8) is 0 Å². The third-order valence-corrected chi connectivity index (χ3v) is 3.16. The second kappa shape index (κ2) is 5.75. The van der Waals surface area contributed by atoms with E-state index in [1.807, 2.05) is 54.6 Å². The number of azo groups is 1. The average molecular weight is 283 g/mol. The Hall–Kier alpha value is -2.33. The molecule has 4 nitrogen and oxygen atoms in total. The van der Waals surface area contributed by atoms with Gasteiger partial charge in [0.05, 0.1) is 6.54 Å². The van der Waals surface area contributed by atoms with E-state index in [0.29, 0.717) is 17.5 Å². The number of hydrogen-bond acceptors (Lipinski definition) is 4. The van der Waals surface area contributed by atoms with Crippen molar-refractivity contribution in [3.8, 4) is 0 Å². The first-order valence-electron chi connectivity index (χ1n) is 6.17. The molecule has 5 heteroatoms. The summed E-state index contributed by atoms with van der Waals surface area (Å²) in [7, 11) is 0. The summed E-state index contributed by atoms with van der Waals surface area (Å²) in [4.78, 5) is 0. The summed E-state index contributed by atoms with van der Waals surface area (Å²) in [5, 5.41) is 18.3. The van der Waals surface area contributed by atoms with Gasteiger partial charge in [0.15, 0.2) is 5.15 Å². The molecule has 0 radical (unpaired) electrons. The molecule has 0 spiro atoms. The molecule has 98 valence electrons. The van der Waals surface area contributed by atoms with Gasteiger partial charge in [0.1, 0.15) is 0 Å². The van der Waals surface area contributed by atoms with Crippen molar-refractivity contribution in [3.05, 3.63) is 65.3 Å². The van der Waals surface area contributed by atoms with Gasteiger partial charge in [-0.25, -0.2) is 0 Å². The van der Waals surface area contributed by atoms with E-state index in [2.05, 4.69) is 20.4 Å². The molecule has 3 aromatic rings. The summed E-state index contributed by atoms with van der Waals surface area (Å²) < 4.78 is 0. The van der Waals surface area contributed by atoms with Crippen molar-refractivity contribution >= 4 is 28.2 Å². The van der Waals surface area contributed by atoms with Gasteiger partial charge in [-0.05, 0) is 5.56 Å². The van der Waals surface area contributed by atoms with E-state index in [-0.39, 0.29) is 0 Å². The molecule has 0 bridgehead atoms. The zero-order valence-electron chi connectivity index (χ0n) is 10.6. The highest BCUT2D eigenvalue weighted by Gasteiger charge is 2.06. The monoisotopic (exact) mass is 282 g/mol. The largest absolute Gasteiger partial charge is 0.203 e. The lowest BCUT2D eigenvalue weighted by molar-refractivity contribution is 0.928. The highest BCUT2D eigenvalue weighted by molar-refractivity contribution is 6.34. The first kappa shape index (κ1) is 12.7. The summed E-state index contributed by atoms with van der Waals surface area (Å²) in [5.74, 6) is 0.487. The summed E-state index contributed by atoms with van der Waals surface area (Å²) in [6, 6.07) is 17.5. The Kier molecular flexibility index (Phi) is 3.65. The lowest BCUT2D eigenvalue weighted by Gasteiger charge is -2.00. The third-order valence-electron chi connectivity index (χ3n) is 2.88. The third kappa shape index (κ3) is 2.65. The van der Waals surface area contributed by atoms with E-state index in [9.17, 15) is 0 Å². The zero-order valence-corrected chi connectivity index (χ0v) is 11.3. The quantitative estimate of drug-likeness (QED) is 0.661. The normalized spacial score (nSPS) is 11.2. The van der Waals surface area contributed by atoms with Crippen LogP contribution in [0, 0.1) is 0 Å². The average Bonchev–Trinajstić information content (AvgIpc) is 2.51. The number of rotatable bonds is 3. The van der Waals surface area contributed by atoms with Gasteiger partial charge >= 0.3 is 0 Å². The van der Waals surface area contributed by atoms with Crippen molar-refractivity contribution in [1.82, 2.24) is 10.2 Å². The zero-order chi connectivity index (χ0) is 13.8. The number of aromatic nitrogens is 2. The standard InChI is InChI=1S/C15H11ClN4/c16-14-12-8-4-5-9-13(12)15(20-18-14)19-17-10-11-6-2-1-3-7-11/h1-9H,10H2. The minimum Gasteiger partial charge on any atom is -0.182 e. The second-order valence-corrected chi connectivity index (χ2v) is 4.60. The molecule has 0 aliphatic rings. The number of benzene rings is 2. The minimum absolute atomic E-state index is 0.377. The lowest BCUT2D eigenvalue weighted by Crippen LogP contribution is -1.86. The molecule has 0 fully saturated rings. The van der Waals surface area contributed by atoms with Crippen molar-refractivity contribution in [1.29, 1.82) is 0 Å². The molecule has 0 saturated carbocycles. The number of hydrogen-bond donors (Lipinski definition) is 0. The summed E-state index contributed by atoms with van der Waals surface area (Å²) in [6.07, 6.45) is 0. The lowest BCUT2D eigenvalue weighted by atomic mass is 10.2. The van der Waals surface area contributed by atoms with E-state index in [1.54, 1.807) is 0 Å². The smallest absolute Gasteiger partial charge is 0.182 e. The fourth-order valence-corrected chi connectivity index (χ4v) is 2.10. The molecule has 0 N–H and O–H groups in total. The van der Waals surface area contributed by atoms with Gasteiger partial charge in [0.2, 0.25) is 5.82 Å². The number of nitrogens with zero attached hydrogens (tertiary/aromatic N) is 4. The van der Waals surface area contributed by atoms with Crippen LogP contribution >= 0.6 is 11.6 Å². The van der Waals surface area contributed by atoms with Gasteiger partial charge in [0, 0.05) is 10.8 Å². The fraction of sp³-hybridized carbons (Fsp3) is 0.0667. The van der Waals surface area contributed by atoms with Crippen LogP contribution in [-0.4, -0.2) is 10.2 Å². The van der Waals surface area contributed by atoms with Gasteiger partial charge in [-0.1, -0.05) is 66.2 Å². The van der Waals surface area contributed by atoms with Crippen LogP contribution in [0.4, 0.5) is 5.82 Å². The fourth-order valence-electron chi connectivity index (χ4n) is 1.90. The van der Waals surface area contributed by atoms with Gasteiger partial charge < -0.3 is 0 Å². The Balaban J connectivity index is 1.90. The molecule has 0 aliphatic heterocycles. The summed E-state index contributed by atoms with van der Waals surface area (Å²) >= 11 is 6.01. The van der Waals surface area contributed by atoms with Crippen LogP contribution in [0.2, 0.25) is 5.15 Å². The van der Waals surface area contributed by atoms with Crippen LogP contribution in [0.5, 0.6) is 0 Å². The minimum atomic E-state index is 0.377. The molecular formula is C15H11ClN4. The maximum Gasteiger partial charge on any atom is 0.203 e. The Morgan fingerprint density at radius 2 is 1.55 bits per heavy atom. The SMILES string of the molecule is Clc1nnc(N=NCc2ccccc2)c2ccccc12. The van der Waals surface area contributed by atoms with Crippen molar-refractivity contribution in [2.45, 2.75) is 6.54 Å². The van der Waals surface area contributed by atoms with Crippen LogP contribution in [0.25, 0.3) is 10.8 Å². The van der Waals surface area contributed by atoms with Gasteiger partial charge in [0.25, 0.3) is 0 Å². The predicted molar refractivity (Wildman–Crippen MR) is 79.2 cm³/mol. The second-order valence-electron chi connectivity index (χ2n) is 4.25. The molecule has 0 amide bonds. The molecule has 20 heavy (non-hydrogen) atoms. The molecule has 1 heterocycles. The van der Waals surface area contributed by atoms with Crippen LogP contribution < -0.4 is 0 Å². The van der Waals surface area contributed by atoms with Crippen molar-refractivity contribution in [2.75, 3.05) is 0 Å². The summed E-state index contributed by atoms with van der Waals surface area (Å²) in [6.45, 7) is 0.513. The van der Waals surface area contributed by atoms with E-state index in [0.717, 1.165) is 16.3 Å². The summed E-state index contributed by atoms with van der Waals surface area (Å²) in [5.41, 5.74) is 1.10. The molecule has 0 aliphatic carbocycles. The first-order chi connectivity index (χ1) is 9.84. The Bertz CT molecular complexity index is 756. The molecule has 0 saturated heterocycles. The molecule has 2 aromatic carbocycles. The number of halogens is 1. The maximum atomic E-state index is 6.01. The topological polar surface area (TPSA) is 50.5 Å². The van der Waals surface area contributed by atoms with Gasteiger partial charge in [-0.15, -0.1) is 15.3 Å². The van der Waals surface area contributed by atoms with Gasteiger partial charge in [-0.3, -0.25) is 0 Å². The maximum absolute atomic E-state index is 6.01. The van der Waals surface area contributed by atoms with E-state index >= 15 is 0 Å². The molecular weight excluding hydrogens is 272 g/mol. The van der Waals surface area contributed by atoms with Crippen LogP contribution in [-0.2, 0) is 6.54 Å². The van der Waals surface area contributed by atoms with E-state index in [1.165, 1.54) is 0 Å². The highest BCUT2D eigenvalue weighted by atomic mass is 35.5. The van der Waals surface area contributed by atoms with Crippen molar-refractivity contribution < 1.29 is 0 Å². The van der Waals surface area contributed by atoms with Crippen molar-refractivity contribution in [2.24, 2.45) is 10.2 Å². The van der Waals surface area contributed by atoms with Crippen LogP contribution in [0.1, 0.15) is 5.56 Å². The highest BCUT2D eigenvalue weighted by Crippen LogP contribution is 2.27.